The zero-order chi connectivity index (χ0) is 21.8. The maximum absolute atomic E-state index is 12.7. The van der Waals surface area contributed by atoms with Crippen molar-refractivity contribution in [3.05, 3.63) is 52.0 Å². The summed E-state index contributed by atoms with van der Waals surface area (Å²) < 4.78 is 5.25. The highest BCUT2D eigenvalue weighted by atomic mass is 32.2. The maximum Gasteiger partial charge on any atom is 0.239 e. The molecule has 1 atom stereocenters. The van der Waals surface area contributed by atoms with E-state index in [0.29, 0.717) is 15.7 Å². The Labute approximate surface area is 184 Å². The Morgan fingerprint density at radius 1 is 1.27 bits per heavy atom. The molecule has 154 valence electrons. The molecule has 0 radical (unpaired) electrons. The summed E-state index contributed by atoms with van der Waals surface area (Å²) in [5, 5.41) is 15.0. The number of anilines is 1. The van der Waals surface area contributed by atoms with Gasteiger partial charge in [-0.15, -0.1) is 11.3 Å². The smallest absolute Gasteiger partial charge is 0.239 e. The monoisotopic (exact) mass is 438 g/mol. The lowest BCUT2D eigenvalue weighted by Gasteiger charge is -2.14. The Balaban J connectivity index is 1.73. The lowest BCUT2D eigenvalue weighted by atomic mass is 10.1. The number of amides is 1. The van der Waals surface area contributed by atoms with Crippen molar-refractivity contribution in [2.24, 2.45) is 0 Å². The van der Waals surface area contributed by atoms with Crippen molar-refractivity contribution in [1.82, 2.24) is 9.97 Å². The zero-order valence-corrected chi connectivity index (χ0v) is 19.1. The summed E-state index contributed by atoms with van der Waals surface area (Å²) in [6, 6.07) is 9.83. The molecule has 30 heavy (non-hydrogen) atoms. The molecule has 0 spiro atoms. The van der Waals surface area contributed by atoms with Gasteiger partial charge in [0.05, 0.1) is 23.6 Å². The molecular weight excluding hydrogens is 416 g/mol. The van der Waals surface area contributed by atoms with Crippen molar-refractivity contribution in [2.75, 3.05) is 12.4 Å². The number of hydrogen-bond donors (Lipinski definition) is 1. The van der Waals surface area contributed by atoms with E-state index in [-0.39, 0.29) is 5.91 Å². The van der Waals surface area contributed by atoms with E-state index >= 15 is 0 Å². The number of methoxy groups -OCH3 is 1. The van der Waals surface area contributed by atoms with E-state index in [1.165, 1.54) is 23.1 Å². The number of nitrogens with one attached hydrogen (secondary N) is 1. The van der Waals surface area contributed by atoms with Crippen LogP contribution in [0, 0.1) is 32.1 Å². The predicted molar refractivity (Wildman–Crippen MR) is 121 cm³/mol. The fraction of sp³-hybridized carbons (Fsp3) is 0.273. The molecule has 0 fully saturated rings. The second-order valence-corrected chi connectivity index (χ2v) is 8.95. The molecular formula is C22H22N4O2S2. The van der Waals surface area contributed by atoms with Crippen LogP contribution in [0.3, 0.4) is 0 Å². The van der Waals surface area contributed by atoms with Crippen LogP contribution >= 0.6 is 23.1 Å². The molecule has 3 rings (SSSR count). The average molecular weight is 439 g/mol. The summed E-state index contributed by atoms with van der Waals surface area (Å²) in [6.45, 7) is 7.57. The molecule has 1 unspecified atom stereocenters. The van der Waals surface area contributed by atoms with Gasteiger partial charge in [0, 0.05) is 16.6 Å². The molecule has 1 amide bonds. The number of ether oxygens (including phenoxy) is 1. The number of aromatic nitrogens is 2. The number of aryl methyl sites for hydroxylation is 1. The molecule has 0 bridgehead atoms. The third-order valence-electron chi connectivity index (χ3n) is 4.83. The van der Waals surface area contributed by atoms with Crippen LogP contribution in [0.1, 0.15) is 29.3 Å². The van der Waals surface area contributed by atoms with Crippen LogP contribution < -0.4 is 10.1 Å². The van der Waals surface area contributed by atoms with Gasteiger partial charge in [0.2, 0.25) is 5.91 Å². The molecule has 0 aliphatic rings. The number of rotatable bonds is 6. The van der Waals surface area contributed by atoms with E-state index < -0.39 is 5.25 Å². The van der Waals surface area contributed by atoms with Gasteiger partial charge in [-0.3, -0.25) is 4.79 Å². The minimum Gasteiger partial charge on any atom is -0.497 e. The van der Waals surface area contributed by atoms with E-state index in [9.17, 15) is 10.1 Å². The molecule has 8 heteroatoms. The molecule has 2 heterocycles. The van der Waals surface area contributed by atoms with Gasteiger partial charge in [-0.1, -0.05) is 23.9 Å². The SMILES string of the molecule is COc1cccc(-c2csc(NC(=O)C(C)Sc3nc(C)c(C)c(C)c3C#N)n2)c1. The number of carbonyl (C=O) groups is 1. The number of pyridine rings is 1. The van der Waals surface area contributed by atoms with E-state index in [0.717, 1.165) is 33.8 Å². The molecule has 3 aromatic rings. The summed E-state index contributed by atoms with van der Waals surface area (Å²) in [6.07, 6.45) is 0. The lowest BCUT2D eigenvalue weighted by molar-refractivity contribution is -0.115. The van der Waals surface area contributed by atoms with Crippen molar-refractivity contribution in [3.63, 3.8) is 0 Å². The topological polar surface area (TPSA) is 87.9 Å². The average Bonchev–Trinajstić information content (AvgIpc) is 3.21. The Bertz CT molecular complexity index is 1130. The van der Waals surface area contributed by atoms with Crippen molar-refractivity contribution in [3.8, 4) is 23.1 Å². The number of hydrogen-bond acceptors (Lipinski definition) is 7. The van der Waals surface area contributed by atoms with Gasteiger partial charge in [-0.05, 0) is 51.0 Å². The standard InChI is InChI=1S/C22H22N4O2S2/c1-12-13(2)18(10-23)21(24-14(12)3)30-15(4)20(27)26-22-25-19(11-29-22)16-7-6-8-17(9-16)28-5/h6-9,11,15H,1-5H3,(H,25,26,27). The Morgan fingerprint density at radius 2 is 2.03 bits per heavy atom. The molecule has 0 saturated heterocycles. The fourth-order valence-corrected chi connectivity index (χ4v) is 4.53. The number of nitriles is 1. The van der Waals surface area contributed by atoms with E-state index in [2.05, 4.69) is 21.4 Å². The highest BCUT2D eigenvalue weighted by Gasteiger charge is 2.21. The largest absolute Gasteiger partial charge is 0.497 e. The van der Waals surface area contributed by atoms with Crippen molar-refractivity contribution < 1.29 is 9.53 Å². The Kier molecular flexibility index (Phi) is 6.75. The summed E-state index contributed by atoms with van der Waals surface area (Å²) in [5.41, 5.74) is 4.99. The Morgan fingerprint density at radius 3 is 2.73 bits per heavy atom. The summed E-state index contributed by atoms with van der Waals surface area (Å²) in [5.74, 6) is 0.564. The van der Waals surface area contributed by atoms with Gasteiger partial charge in [0.1, 0.15) is 16.8 Å². The second kappa shape index (κ2) is 9.28. The number of thiazole rings is 1. The number of benzene rings is 1. The molecule has 0 aliphatic carbocycles. The number of nitrogens with zero attached hydrogens (tertiary/aromatic N) is 3. The zero-order valence-electron chi connectivity index (χ0n) is 17.4. The van der Waals surface area contributed by atoms with E-state index in [4.69, 9.17) is 4.74 Å². The van der Waals surface area contributed by atoms with Crippen LogP contribution in [-0.4, -0.2) is 28.2 Å². The Hall–Kier alpha value is -2.89. The van der Waals surface area contributed by atoms with Crippen LogP contribution in [0.5, 0.6) is 5.75 Å². The van der Waals surface area contributed by atoms with Crippen LogP contribution in [0.15, 0.2) is 34.7 Å². The third kappa shape index (κ3) is 4.64. The number of carbonyl (C=O) groups excluding carboxylic acids is 1. The fourth-order valence-electron chi connectivity index (χ4n) is 2.80. The van der Waals surface area contributed by atoms with Crippen LogP contribution in [0.25, 0.3) is 11.3 Å². The summed E-state index contributed by atoms with van der Waals surface area (Å²) in [7, 11) is 1.62. The van der Waals surface area contributed by atoms with Crippen molar-refractivity contribution >= 4 is 34.1 Å². The predicted octanol–water partition coefficient (Wildman–Crippen LogP) is 5.13. The van der Waals surface area contributed by atoms with Crippen molar-refractivity contribution in [2.45, 2.75) is 38.0 Å². The first-order chi connectivity index (χ1) is 14.3. The highest BCUT2D eigenvalue weighted by Crippen LogP contribution is 2.31. The van der Waals surface area contributed by atoms with Gasteiger partial charge < -0.3 is 10.1 Å². The minimum atomic E-state index is -0.435. The summed E-state index contributed by atoms with van der Waals surface area (Å²) >= 11 is 2.65. The number of thioether (sulfide) groups is 1. The van der Waals surface area contributed by atoms with Gasteiger partial charge in [0.25, 0.3) is 0 Å². The van der Waals surface area contributed by atoms with Crippen LogP contribution in [0.4, 0.5) is 5.13 Å². The van der Waals surface area contributed by atoms with Gasteiger partial charge in [0.15, 0.2) is 5.13 Å². The van der Waals surface area contributed by atoms with Gasteiger partial charge in [-0.25, -0.2) is 9.97 Å². The lowest BCUT2D eigenvalue weighted by Crippen LogP contribution is -2.22. The minimum absolute atomic E-state index is 0.187. The molecule has 1 aromatic carbocycles. The molecule has 1 N–H and O–H groups in total. The van der Waals surface area contributed by atoms with E-state index in [1.807, 2.05) is 50.4 Å². The van der Waals surface area contributed by atoms with Gasteiger partial charge >= 0.3 is 0 Å². The van der Waals surface area contributed by atoms with Crippen molar-refractivity contribution in [1.29, 1.82) is 5.26 Å². The first-order valence-corrected chi connectivity index (χ1v) is 11.0. The third-order valence-corrected chi connectivity index (χ3v) is 6.68. The van der Waals surface area contributed by atoms with Crippen LogP contribution in [-0.2, 0) is 4.79 Å². The molecule has 0 aliphatic heterocycles. The second-order valence-electron chi connectivity index (χ2n) is 6.76. The van der Waals surface area contributed by atoms with E-state index in [1.54, 1.807) is 14.0 Å². The quantitative estimate of drug-likeness (QED) is 0.537. The highest BCUT2D eigenvalue weighted by molar-refractivity contribution is 8.00. The molecule has 6 nitrogen and oxygen atoms in total. The molecule has 0 saturated carbocycles. The first-order valence-electron chi connectivity index (χ1n) is 9.29. The van der Waals surface area contributed by atoms with Crippen LogP contribution in [0.2, 0.25) is 0 Å². The normalized spacial score (nSPS) is 11.6. The maximum atomic E-state index is 12.7. The molecule has 2 aromatic heterocycles. The van der Waals surface area contributed by atoms with Gasteiger partial charge in [-0.2, -0.15) is 5.26 Å². The summed E-state index contributed by atoms with van der Waals surface area (Å²) in [4.78, 5) is 21.7. The first kappa shape index (κ1) is 21.8.